The first-order chi connectivity index (χ1) is 13.2. The molecule has 0 bridgehead atoms. The van der Waals surface area contributed by atoms with Gasteiger partial charge in [0.2, 0.25) is 0 Å². The number of amides is 1. The molecule has 2 heterocycles. The summed E-state index contributed by atoms with van der Waals surface area (Å²) >= 11 is 1.62. The summed E-state index contributed by atoms with van der Waals surface area (Å²) in [6, 6.07) is 15.0. The van der Waals surface area contributed by atoms with Crippen LogP contribution in [0, 0.1) is 0 Å². The van der Waals surface area contributed by atoms with Crippen LogP contribution in [0.5, 0.6) is 11.5 Å². The van der Waals surface area contributed by atoms with Crippen molar-refractivity contribution in [1.82, 2.24) is 9.88 Å². The Morgan fingerprint density at radius 1 is 1.04 bits per heavy atom. The molecular formula is C21H22N2O3S. The average Bonchev–Trinajstić information content (AvgIpc) is 3.21. The fraction of sp³-hybridized carbons (Fsp3) is 0.238. The first-order valence-corrected chi connectivity index (χ1v) is 9.73. The molecule has 0 saturated carbocycles. The molecule has 140 valence electrons. The maximum absolute atomic E-state index is 12.8. The van der Waals surface area contributed by atoms with E-state index in [0.29, 0.717) is 25.4 Å². The van der Waals surface area contributed by atoms with E-state index in [-0.39, 0.29) is 12.5 Å². The molecular weight excluding hydrogens is 360 g/mol. The molecule has 27 heavy (non-hydrogen) atoms. The number of aromatic nitrogens is 1. The summed E-state index contributed by atoms with van der Waals surface area (Å²) in [4.78, 5) is 18.9. The molecule has 0 spiro atoms. The van der Waals surface area contributed by atoms with E-state index in [9.17, 15) is 4.79 Å². The number of carbonyl (C=O) groups excluding carboxylic acids is 1. The van der Waals surface area contributed by atoms with Crippen LogP contribution in [0.15, 0.2) is 65.5 Å². The topological polar surface area (TPSA) is 51.7 Å². The molecule has 0 radical (unpaired) electrons. The van der Waals surface area contributed by atoms with Crippen LogP contribution >= 0.6 is 11.3 Å². The minimum Gasteiger partial charge on any atom is -0.494 e. The van der Waals surface area contributed by atoms with E-state index >= 15 is 0 Å². The predicted molar refractivity (Wildman–Crippen MR) is 106 cm³/mol. The first kappa shape index (κ1) is 18.9. The van der Waals surface area contributed by atoms with Gasteiger partial charge in [-0.1, -0.05) is 6.07 Å². The zero-order valence-electron chi connectivity index (χ0n) is 15.2. The highest BCUT2D eigenvalue weighted by Gasteiger charge is 2.16. The maximum atomic E-state index is 12.8. The van der Waals surface area contributed by atoms with Crippen LogP contribution in [-0.4, -0.2) is 29.0 Å². The van der Waals surface area contributed by atoms with Gasteiger partial charge in [-0.2, -0.15) is 11.3 Å². The number of carbonyl (C=O) groups is 1. The lowest BCUT2D eigenvalue weighted by Crippen LogP contribution is -2.34. The quantitative estimate of drug-likeness (QED) is 0.558. The summed E-state index contributed by atoms with van der Waals surface area (Å²) in [6.07, 6.45) is 1.74. The summed E-state index contributed by atoms with van der Waals surface area (Å²) in [5.41, 5.74) is 1.95. The van der Waals surface area contributed by atoms with Crippen LogP contribution in [0.25, 0.3) is 0 Å². The fourth-order valence-electron chi connectivity index (χ4n) is 2.56. The van der Waals surface area contributed by atoms with Crippen molar-refractivity contribution in [3.63, 3.8) is 0 Å². The molecule has 0 atom stereocenters. The van der Waals surface area contributed by atoms with Crippen molar-refractivity contribution in [2.24, 2.45) is 0 Å². The summed E-state index contributed by atoms with van der Waals surface area (Å²) in [6.45, 7) is 3.51. The van der Waals surface area contributed by atoms with Gasteiger partial charge in [-0.15, -0.1) is 0 Å². The summed E-state index contributed by atoms with van der Waals surface area (Å²) in [5, 5.41) is 4.06. The van der Waals surface area contributed by atoms with Gasteiger partial charge in [-0.25, -0.2) is 0 Å². The molecule has 0 unspecified atom stereocenters. The number of rotatable bonds is 9. The summed E-state index contributed by atoms with van der Waals surface area (Å²) in [5.74, 6) is 1.34. The van der Waals surface area contributed by atoms with Crippen molar-refractivity contribution in [2.45, 2.75) is 20.0 Å². The molecule has 0 aliphatic heterocycles. The summed E-state index contributed by atoms with van der Waals surface area (Å²) < 4.78 is 11.1. The van der Waals surface area contributed by atoms with E-state index < -0.39 is 0 Å². The van der Waals surface area contributed by atoms with E-state index in [4.69, 9.17) is 9.47 Å². The zero-order valence-corrected chi connectivity index (χ0v) is 16.0. The largest absolute Gasteiger partial charge is 0.494 e. The molecule has 1 amide bonds. The van der Waals surface area contributed by atoms with Gasteiger partial charge in [0.05, 0.1) is 18.8 Å². The molecule has 0 N–H and O–H groups in total. The van der Waals surface area contributed by atoms with Gasteiger partial charge < -0.3 is 14.4 Å². The van der Waals surface area contributed by atoms with Crippen molar-refractivity contribution in [3.8, 4) is 11.5 Å². The van der Waals surface area contributed by atoms with Crippen LogP contribution in [0.2, 0.25) is 0 Å². The number of hydrogen-bond donors (Lipinski definition) is 0. The molecule has 3 aromatic rings. The van der Waals surface area contributed by atoms with Crippen molar-refractivity contribution in [1.29, 1.82) is 0 Å². The normalized spacial score (nSPS) is 10.4. The van der Waals surface area contributed by atoms with Crippen molar-refractivity contribution in [2.75, 3.05) is 13.2 Å². The Morgan fingerprint density at radius 3 is 2.44 bits per heavy atom. The lowest BCUT2D eigenvalue weighted by Gasteiger charge is -2.22. The van der Waals surface area contributed by atoms with E-state index in [0.717, 1.165) is 17.0 Å². The van der Waals surface area contributed by atoms with Crippen LogP contribution in [0.3, 0.4) is 0 Å². The monoisotopic (exact) mass is 382 g/mol. The van der Waals surface area contributed by atoms with Gasteiger partial charge in [-0.3, -0.25) is 9.78 Å². The third-order valence-electron chi connectivity index (χ3n) is 3.88. The van der Waals surface area contributed by atoms with Crippen LogP contribution in [-0.2, 0) is 17.9 Å². The highest BCUT2D eigenvalue weighted by atomic mass is 32.1. The van der Waals surface area contributed by atoms with Gasteiger partial charge in [0.25, 0.3) is 5.91 Å². The molecule has 0 fully saturated rings. The molecule has 0 saturated heterocycles. The van der Waals surface area contributed by atoms with E-state index in [1.165, 1.54) is 0 Å². The number of benzene rings is 1. The molecule has 6 heteroatoms. The summed E-state index contributed by atoms with van der Waals surface area (Å²) in [7, 11) is 0. The minimum atomic E-state index is -0.0827. The second-order valence-electron chi connectivity index (χ2n) is 5.90. The van der Waals surface area contributed by atoms with Crippen molar-refractivity contribution < 1.29 is 14.3 Å². The molecule has 0 aliphatic rings. The van der Waals surface area contributed by atoms with Crippen molar-refractivity contribution >= 4 is 17.2 Å². The number of thiophene rings is 1. The van der Waals surface area contributed by atoms with Gasteiger partial charge in [0.15, 0.2) is 6.61 Å². The first-order valence-electron chi connectivity index (χ1n) is 8.79. The second-order valence-corrected chi connectivity index (χ2v) is 6.68. The van der Waals surface area contributed by atoms with Gasteiger partial charge in [0, 0.05) is 12.7 Å². The third-order valence-corrected chi connectivity index (χ3v) is 4.61. The molecule has 1 aromatic carbocycles. The third kappa shape index (κ3) is 5.82. The number of pyridine rings is 1. The lowest BCUT2D eigenvalue weighted by molar-refractivity contribution is -0.134. The molecule has 3 rings (SSSR count). The zero-order chi connectivity index (χ0) is 18.9. The smallest absolute Gasteiger partial charge is 0.261 e. The highest BCUT2D eigenvalue weighted by Crippen LogP contribution is 2.18. The number of hydrogen-bond acceptors (Lipinski definition) is 5. The van der Waals surface area contributed by atoms with Crippen LogP contribution < -0.4 is 9.47 Å². The molecule has 5 nitrogen and oxygen atoms in total. The van der Waals surface area contributed by atoms with E-state index in [2.05, 4.69) is 4.98 Å². The lowest BCUT2D eigenvalue weighted by atomic mass is 10.2. The van der Waals surface area contributed by atoms with Crippen molar-refractivity contribution in [3.05, 3.63) is 76.7 Å². The second kappa shape index (κ2) is 9.73. The van der Waals surface area contributed by atoms with E-state index in [1.807, 2.05) is 54.1 Å². The number of nitrogens with zero attached hydrogens (tertiary/aromatic N) is 2. The Kier molecular flexibility index (Phi) is 6.82. The molecule has 0 aliphatic carbocycles. The van der Waals surface area contributed by atoms with Gasteiger partial charge in [0.1, 0.15) is 11.5 Å². The predicted octanol–water partition coefficient (Wildman–Crippen LogP) is 4.15. The molecule has 2 aromatic heterocycles. The van der Waals surface area contributed by atoms with E-state index in [1.54, 1.807) is 34.6 Å². The Hall–Kier alpha value is -2.86. The number of ether oxygens (including phenoxy) is 2. The highest BCUT2D eigenvalue weighted by molar-refractivity contribution is 7.07. The van der Waals surface area contributed by atoms with Gasteiger partial charge >= 0.3 is 0 Å². The van der Waals surface area contributed by atoms with Crippen LogP contribution in [0.4, 0.5) is 0 Å². The SMILES string of the molecule is CCOc1ccc(OCC(=O)N(Cc2ccsc2)Cc2ccccn2)cc1. The maximum Gasteiger partial charge on any atom is 0.261 e. The Bertz CT molecular complexity index is 820. The van der Waals surface area contributed by atoms with Gasteiger partial charge in [-0.05, 0) is 65.7 Å². The standard InChI is InChI=1S/C21H22N2O3S/c1-2-25-19-6-8-20(9-7-19)26-15-21(24)23(13-17-10-12-27-16-17)14-18-5-3-4-11-22-18/h3-12,16H,2,13-15H2,1H3. The average molecular weight is 382 g/mol. The Balaban J connectivity index is 1.62. The minimum absolute atomic E-state index is 0.0229. The fourth-order valence-corrected chi connectivity index (χ4v) is 3.22. The van der Waals surface area contributed by atoms with Crippen LogP contribution in [0.1, 0.15) is 18.2 Å². The Labute approximate surface area is 163 Å². The Morgan fingerprint density at radius 2 is 1.81 bits per heavy atom.